The molecule has 1 N–H and O–H groups in total. The molecule has 0 spiro atoms. The van der Waals surface area contributed by atoms with E-state index in [0.717, 1.165) is 24.0 Å². The Labute approximate surface area is 120 Å². The van der Waals surface area contributed by atoms with Gasteiger partial charge in [0.15, 0.2) is 6.04 Å². The van der Waals surface area contributed by atoms with Gasteiger partial charge in [-0.2, -0.15) is 13.2 Å². The molecule has 0 aliphatic carbocycles. The molecule has 0 saturated heterocycles. The van der Waals surface area contributed by atoms with E-state index < -0.39 is 41.3 Å². The Morgan fingerprint density at radius 3 is 2.10 bits per heavy atom. The first-order chi connectivity index (χ1) is 9.57. The molecule has 1 aromatic rings. The van der Waals surface area contributed by atoms with Crippen LogP contribution in [0.3, 0.4) is 0 Å². The highest BCUT2D eigenvalue weighted by Gasteiger charge is 2.40. The summed E-state index contributed by atoms with van der Waals surface area (Å²) in [5, 5.41) is 9.32. The molecule has 1 unspecified atom stereocenters. The third-order valence-electron chi connectivity index (χ3n) is 2.99. The number of hydrogen-bond acceptors (Lipinski definition) is 2. The maximum atomic E-state index is 13.0. The van der Waals surface area contributed by atoms with Crippen LogP contribution in [-0.2, 0) is 15.8 Å². The normalized spacial score (nSPS) is 13.1. The lowest BCUT2D eigenvalue weighted by Crippen LogP contribution is -2.42. The predicted molar refractivity (Wildman–Crippen MR) is 69.5 cm³/mol. The predicted octanol–water partition coefficient (Wildman–Crippen LogP) is 3.09. The average Bonchev–Trinajstić information content (AvgIpc) is 2.33. The van der Waals surface area contributed by atoms with Crippen molar-refractivity contribution in [2.45, 2.75) is 39.0 Å². The quantitative estimate of drug-likeness (QED) is 0.930. The molecular weight excluding hydrogens is 287 g/mol. The Hall–Kier alpha value is -2.05. The van der Waals surface area contributed by atoms with Gasteiger partial charge in [0.05, 0.1) is 5.56 Å². The van der Waals surface area contributed by atoms with Crippen LogP contribution >= 0.6 is 0 Å². The Balaban J connectivity index is 3.50. The third-order valence-corrected chi connectivity index (χ3v) is 2.99. The van der Waals surface area contributed by atoms with Crippen molar-refractivity contribution in [2.24, 2.45) is 0 Å². The molecule has 0 radical (unpaired) electrons. The second-order valence-electron chi connectivity index (χ2n) is 4.85. The fourth-order valence-corrected chi connectivity index (χ4v) is 2.24. The highest BCUT2D eigenvalue weighted by molar-refractivity contribution is 5.84. The number of rotatable bonds is 4. The average molecular weight is 303 g/mol. The number of nitrogens with zero attached hydrogens (tertiary/aromatic N) is 1. The van der Waals surface area contributed by atoms with E-state index in [0.29, 0.717) is 0 Å². The van der Waals surface area contributed by atoms with Crippen molar-refractivity contribution in [1.29, 1.82) is 0 Å². The van der Waals surface area contributed by atoms with Crippen LogP contribution in [0, 0.1) is 0 Å². The zero-order valence-corrected chi connectivity index (χ0v) is 11.8. The van der Waals surface area contributed by atoms with Crippen LogP contribution in [0.25, 0.3) is 0 Å². The van der Waals surface area contributed by atoms with Gasteiger partial charge in [-0.15, -0.1) is 0 Å². The number of carboxylic acids is 1. The number of benzene rings is 1. The van der Waals surface area contributed by atoms with Gasteiger partial charge in [0, 0.05) is 13.0 Å². The minimum Gasteiger partial charge on any atom is -0.479 e. The number of alkyl halides is 3. The van der Waals surface area contributed by atoms with Crippen molar-refractivity contribution in [3.05, 3.63) is 35.4 Å². The minimum absolute atomic E-state index is 0.443. The Morgan fingerprint density at radius 2 is 1.71 bits per heavy atom. The summed E-state index contributed by atoms with van der Waals surface area (Å²) in [6, 6.07) is 2.16. The number of carbonyl (C=O) groups is 2. The van der Waals surface area contributed by atoms with E-state index in [1.807, 2.05) is 0 Å². The number of aliphatic carboxylic acids is 1. The van der Waals surface area contributed by atoms with Crippen molar-refractivity contribution in [3.8, 4) is 0 Å². The molecule has 1 rings (SSSR count). The standard InChI is InChI=1S/C14H16F3NO3/c1-8(2)18(9(3)19)12(13(20)21)10-6-4-5-7-11(10)14(15,16)17/h4-8,12H,1-3H3,(H,20,21). The van der Waals surface area contributed by atoms with E-state index >= 15 is 0 Å². The smallest absolute Gasteiger partial charge is 0.416 e. The Morgan fingerprint density at radius 1 is 1.19 bits per heavy atom. The third kappa shape index (κ3) is 3.74. The molecule has 0 saturated carbocycles. The molecule has 0 aliphatic rings. The van der Waals surface area contributed by atoms with E-state index in [9.17, 15) is 27.9 Å². The van der Waals surface area contributed by atoms with E-state index in [1.54, 1.807) is 13.8 Å². The van der Waals surface area contributed by atoms with Crippen LogP contribution in [-0.4, -0.2) is 27.9 Å². The maximum Gasteiger partial charge on any atom is 0.416 e. The van der Waals surface area contributed by atoms with Gasteiger partial charge in [-0.25, -0.2) is 4.79 Å². The summed E-state index contributed by atoms with van der Waals surface area (Å²) in [5.41, 5.74) is -1.49. The van der Waals surface area contributed by atoms with Crippen LogP contribution in [0.5, 0.6) is 0 Å². The molecule has 21 heavy (non-hydrogen) atoms. The van der Waals surface area contributed by atoms with Gasteiger partial charge in [0.2, 0.25) is 5.91 Å². The first-order valence-electron chi connectivity index (χ1n) is 6.25. The maximum absolute atomic E-state index is 13.0. The van der Waals surface area contributed by atoms with E-state index in [4.69, 9.17) is 0 Å². The highest BCUT2D eigenvalue weighted by atomic mass is 19.4. The second-order valence-corrected chi connectivity index (χ2v) is 4.85. The van der Waals surface area contributed by atoms with E-state index in [1.165, 1.54) is 12.1 Å². The van der Waals surface area contributed by atoms with Gasteiger partial charge in [-0.1, -0.05) is 18.2 Å². The molecule has 0 heterocycles. The summed E-state index contributed by atoms with van der Waals surface area (Å²) in [6.07, 6.45) is -4.69. The summed E-state index contributed by atoms with van der Waals surface area (Å²) in [6.45, 7) is 4.23. The number of hydrogen-bond donors (Lipinski definition) is 1. The second kappa shape index (κ2) is 6.15. The zero-order chi connectivity index (χ0) is 16.4. The number of halogens is 3. The summed E-state index contributed by atoms with van der Waals surface area (Å²) >= 11 is 0. The van der Waals surface area contributed by atoms with Crippen LogP contribution in [0.4, 0.5) is 13.2 Å². The number of carbonyl (C=O) groups excluding carboxylic acids is 1. The fourth-order valence-electron chi connectivity index (χ4n) is 2.24. The van der Waals surface area contributed by atoms with Gasteiger partial charge in [-0.3, -0.25) is 4.79 Å². The molecule has 0 aliphatic heterocycles. The lowest BCUT2D eigenvalue weighted by Gasteiger charge is -2.33. The van der Waals surface area contributed by atoms with Gasteiger partial charge < -0.3 is 10.0 Å². The molecule has 1 aromatic carbocycles. The number of carboxylic acid groups (broad SMARTS) is 1. The SMILES string of the molecule is CC(=O)N(C(C)C)C(C(=O)O)c1ccccc1C(F)(F)F. The monoisotopic (exact) mass is 303 g/mol. The largest absolute Gasteiger partial charge is 0.479 e. The number of amides is 1. The van der Waals surface area contributed by atoms with Crippen LogP contribution in [0.2, 0.25) is 0 Å². The lowest BCUT2D eigenvalue weighted by molar-refractivity contribution is -0.153. The molecule has 0 aromatic heterocycles. The van der Waals surface area contributed by atoms with Crippen LogP contribution in [0.1, 0.15) is 37.9 Å². The molecule has 1 amide bonds. The van der Waals surface area contributed by atoms with Crippen molar-refractivity contribution in [3.63, 3.8) is 0 Å². The molecule has 1 atom stereocenters. The van der Waals surface area contributed by atoms with Crippen LogP contribution in [0.15, 0.2) is 24.3 Å². The topological polar surface area (TPSA) is 57.6 Å². The minimum atomic E-state index is -4.69. The van der Waals surface area contributed by atoms with Gasteiger partial charge in [0.25, 0.3) is 0 Å². The molecule has 0 fully saturated rings. The van der Waals surface area contributed by atoms with Crippen molar-refractivity contribution in [1.82, 2.24) is 4.90 Å². The lowest BCUT2D eigenvalue weighted by atomic mass is 9.97. The summed E-state index contributed by atoms with van der Waals surface area (Å²) in [4.78, 5) is 24.0. The summed E-state index contributed by atoms with van der Waals surface area (Å²) < 4.78 is 39.1. The van der Waals surface area contributed by atoms with Gasteiger partial charge in [0.1, 0.15) is 0 Å². The molecule has 4 nitrogen and oxygen atoms in total. The van der Waals surface area contributed by atoms with E-state index in [2.05, 4.69) is 0 Å². The summed E-state index contributed by atoms with van der Waals surface area (Å²) in [7, 11) is 0. The van der Waals surface area contributed by atoms with Crippen molar-refractivity contribution >= 4 is 11.9 Å². The van der Waals surface area contributed by atoms with Gasteiger partial charge in [-0.05, 0) is 25.5 Å². The fraction of sp³-hybridized carbons (Fsp3) is 0.429. The van der Waals surface area contributed by atoms with Gasteiger partial charge >= 0.3 is 12.1 Å². The van der Waals surface area contributed by atoms with Crippen molar-refractivity contribution < 1.29 is 27.9 Å². The Kier molecular flexibility index (Phi) is 4.98. The first-order valence-corrected chi connectivity index (χ1v) is 6.25. The van der Waals surface area contributed by atoms with E-state index in [-0.39, 0.29) is 0 Å². The Bertz CT molecular complexity index is 541. The first kappa shape index (κ1) is 17.0. The zero-order valence-electron chi connectivity index (χ0n) is 11.8. The summed E-state index contributed by atoms with van der Waals surface area (Å²) in [5.74, 6) is -2.11. The van der Waals surface area contributed by atoms with Crippen molar-refractivity contribution in [2.75, 3.05) is 0 Å². The highest BCUT2D eigenvalue weighted by Crippen LogP contribution is 2.37. The van der Waals surface area contributed by atoms with Crippen LogP contribution < -0.4 is 0 Å². The molecule has 0 bridgehead atoms. The molecule has 116 valence electrons. The molecular formula is C14H16F3NO3. The molecule has 7 heteroatoms.